The third kappa shape index (κ3) is 13.7. The Morgan fingerprint density at radius 3 is 2.29 bits per heavy atom. The number of halogens is 2. The van der Waals surface area contributed by atoms with Crippen molar-refractivity contribution >= 4 is 0 Å². The molecule has 0 aliphatic heterocycles. The number of hydrogen-bond donors (Lipinski definition) is 1. The summed E-state index contributed by atoms with van der Waals surface area (Å²) in [6, 6.07) is 0. The first-order valence-electron chi connectivity index (χ1n) is 6.69. The predicted molar refractivity (Wildman–Crippen MR) is 69.7 cm³/mol. The van der Waals surface area contributed by atoms with Crippen molar-refractivity contribution in [2.24, 2.45) is 5.92 Å². The summed E-state index contributed by atoms with van der Waals surface area (Å²) in [6.45, 7) is 7.24. The van der Waals surface area contributed by atoms with Crippen LogP contribution in [0, 0.1) is 5.92 Å². The van der Waals surface area contributed by atoms with Crippen molar-refractivity contribution in [3.8, 4) is 0 Å². The topological polar surface area (TPSA) is 15.3 Å². The van der Waals surface area contributed by atoms with Crippen LogP contribution >= 0.6 is 0 Å². The van der Waals surface area contributed by atoms with Crippen LogP contribution < -0.4 is 5.32 Å². The van der Waals surface area contributed by atoms with Gasteiger partial charge in [0.15, 0.2) is 0 Å². The zero-order chi connectivity index (χ0) is 13.1. The summed E-state index contributed by atoms with van der Waals surface area (Å²) in [4.78, 5) is 1.71. The van der Waals surface area contributed by atoms with Gasteiger partial charge < -0.3 is 10.2 Å². The van der Waals surface area contributed by atoms with Gasteiger partial charge in [-0.2, -0.15) is 0 Å². The Bertz CT molecular complexity index is 163. The van der Waals surface area contributed by atoms with Crippen molar-refractivity contribution in [3.63, 3.8) is 0 Å². The summed E-state index contributed by atoms with van der Waals surface area (Å²) < 4.78 is 24.0. The lowest BCUT2D eigenvalue weighted by atomic mass is 10.2. The molecule has 0 aromatic carbocycles. The Kier molecular flexibility index (Phi) is 10.8. The van der Waals surface area contributed by atoms with Gasteiger partial charge in [0.05, 0.1) is 6.54 Å². The number of rotatable bonds is 11. The summed E-state index contributed by atoms with van der Waals surface area (Å²) in [5.41, 5.74) is 0. The number of unbranched alkanes of at least 4 members (excludes halogenated alkanes) is 3. The standard InChI is InChI=1S/C13H28F2N2/c1-12(2)10-16-8-6-4-5-7-9-17(3)11-13(14)15/h12-13,16H,4-11H2,1-3H3. The Morgan fingerprint density at radius 1 is 1.06 bits per heavy atom. The molecule has 2 nitrogen and oxygen atoms in total. The molecule has 0 amide bonds. The van der Waals surface area contributed by atoms with E-state index in [4.69, 9.17) is 0 Å². The highest BCUT2D eigenvalue weighted by molar-refractivity contribution is 4.55. The summed E-state index contributed by atoms with van der Waals surface area (Å²) in [6.07, 6.45) is 2.32. The zero-order valence-electron chi connectivity index (χ0n) is 11.5. The van der Waals surface area contributed by atoms with Crippen molar-refractivity contribution in [3.05, 3.63) is 0 Å². The molecule has 0 atom stereocenters. The van der Waals surface area contributed by atoms with Crippen LogP contribution in [0.15, 0.2) is 0 Å². The van der Waals surface area contributed by atoms with Gasteiger partial charge in [-0.15, -0.1) is 0 Å². The van der Waals surface area contributed by atoms with Crippen molar-refractivity contribution in [1.29, 1.82) is 0 Å². The maximum absolute atomic E-state index is 12.0. The quantitative estimate of drug-likeness (QED) is 0.567. The highest BCUT2D eigenvalue weighted by Gasteiger charge is 2.06. The van der Waals surface area contributed by atoms with Crippen LogP contribution in [0.4, 0.5) is 8.78 Å². The Hall–Kier alpha value is -0.220. The van der Waals surface area contributed by atoms with Crippen LogP contribution in [0.3, 0.4) is 0 Å². The lowest BCUT2D eigenvalue weighted by Crippen LogP contribution is -2.25. The van der Waals surface area contributed by atoms with Gasteiger partial charge in [-0.05, 0) is 45.4 Å². The fraction of sp³-hybridized carbons (Fsp3) is 1.00. The van der Waals surface area contributed by atoms with E-state index in [0.717, 1.165) is 32.5 Å². The van der Waals surface area contributed by atoms with Gasteiger partial charge in [-0.3, -0.25) is 0 Å². The summed E-state index contributed by atoms with van der Waals surface area (Å²) >= 11 is 0. The number of alkyl halides is 2. The third-order valence-corrected chi connectivity index (χ3v) is 2.65. The van der Waals surface area contributed by atoms with Crippen LogP contribution in [0.25, 0.3) is 0 Å². The smallest absolute Gasteiger partial charge is 0.251 e. The fourth-order valence-electron chi connectivity index (χ4n) is 1.70. The molecule has 104 valence electrons. The first-order chi connectivity index (χ1) is 8.02. The van der Waals surface area contributed by atoms with Crippen molar-refractivity contribution in [1.82, 2.24) is 10.2 Å². The van der Waals surface area contributed by atoms with Crippen molar-refractivity contribution in [2.75, 3.05) is 33.2 Å². The molecule has 1 N–H and O–H groups in total. The minimum absolute atomic E-state index is 0.101. The largest absolute Gasteiger partial charge is 0.316 e. The third-order valence-electron chi connectivity index (χ3n) is 2.65. The lowest BCUT2D eigenvalue weighted by molar-refractivity contribution is 0.0995. The number of hydrogen-bond acceptors (Lipinski definition) is 2. The van der Waals surface area contributed by atoms with Crippen LogP contribution in [-0.2, 0) is 0 Å². The van der Waals surface area contributed by atoms with Crippen LogP contribution in [0.1, 0.15) is 39.5 Å². The van der Waals surface area contributed by atoms with E-state index >= 15 is 0 Å². The normalized spacial score (nSPS) is 12.0. The zero-order valence-corrected chi connectivity index (χ0v) is 11.5. The average Bonchev–Trinajstić information content (AvgIpc) is 2.20. The molecular weight excluding hydrogens is 222 g/mol. The molecule has 0 heterocycles. The lowest BCUT2D eigenvalue weighted by Gasteiger charge is -2.15. The highest BCUT2D eigenvalue weighted by atomic mass is 19.3. The Balaban J connectivity index is 3.13. The van der Waals surface area contributed by atoms with Crippen LogP contribution in [0.2, 0.25) is 0 Å². The molecule has 0 aromatic rings. The van der Waals surface area contributed by atoms with Gasteiger partial charge in [0, 0.05) is 0 Å². The Labute approximate surface area is 105 Å². The number of nitrogens with one attached hydrogen (secondary N) is 1. The van der Waals surface area contributed by atoms with Crippen molar-refractivity contribution in [2.45, 2.75) is 46.0 Å². The maximum atomic E-state index is 12.0. The van der Waals surface area contributed by atoms with Crippen LogP contribution in [-0.4, -0.2) is 44.6 Å². The molecule has 4 heteroatoms. The predicted octanol–water partition coefficient (Wildman–Crippen LogP) is 2.99. The van der Waals surface area contributed by atoms with Gasteiger partial charge in [0.25, 0.3) is 6.43 Å². The van der Waals surface area contributed by atoms with E-state index < -0.39 is 6.43 Å². The molecule has 0 rings (SSSR count). The molecule has 0 unspecified atom stereocenters. The van der Waals surface area contributed by atoms with E-state index in [1.54, 1.807) is 11.9 Å². The summed E-state index contributed by atoms with van der Waals surface area (Å²) in [5.74, 6) is 0.706. The van der Waals surface area contributed by atoms with Gasteiger partial charge in [0.2, 0.25) is 0 Å². The second-order valence-electron chi connectivity index (χ2n) is 5.17. The van der Waals surface area contributed by atoms with Gasteiger partial charge in [-0.25, -0.2) is 8.78 Å². The molecule has 0 fully saturated rings. The summed E-state index contributed by atoms with van der Waals surface area (Å²) in [7, 11) is 1.76. The van der Waals surface area contributed by atoms with E-state index in [0.29, 0.717) is 5.92 Å². The Morgan fingerprint density at radius 2 is 1.71 bits per heavy atom. The van der Waals surface area contributed by atoms with Gasteiger partial charge in [-0.1, -0.05) is 26.7 Å². The van der Waals surface area contributed by atoms with E-state index in [-0.39, 0.29) is 6.54 Å². The molecule has 0 saturated heterocycles. The van der Waals surface area contributed by atoms with E-state index in [1.165, 1.54) is 12.8 Å². The first-order valence-corrected chi connectivity index (χ1v) is 6.69. The van der Waals surface area contributed by atoms with E-state index in [9.17, 15) is 8.78 Å². The second-order valence-corrected chi connectivity index (χ2v) is 5.17. The maximum Gasteiger partial charge on any atom is 0.251 e. The number of nitrogens with zero attached hydrogens (tertiary/aromatic N) is 1. The average molecular weight is 250 g/mol. The van der Waals surface area contributed by atoms with Crippen molar-refractivity contribution < 1.29 is 8.78 Å². The van der Waals surface area contributed by atoms with E-state index in [2.05, 4.69) is 19.2 Å². The van der Waals surface area contributed by atoms with Crippen LogP contribution in [0.5, 0.6) is 0 Å². The monoisotopic (exact) mass is 250 g/mol. The minimum atomic E-state index is -2.21. The van der Waals surface area contributed by atoms with Gasteiger partial charge in [0.1, 0.15) is 0 Å². The minimum Gasteiger partial charge on any atom is -0.316 e. The summed E-state index contributed by atoms with van der Waals surface area (Å²) in [5, 5.41) is 3.40. The highest BCUT2D eigenvalue weighted by Crippen LogP contribution is 2.02. The molecule has 0 radical (unpaired) electrons. The molecule has 0 aromatic heterocycles. The second kappa shape index (κ2) is 10.9. The van der Waals surface area contributed by atoms with E-state index in [1.807, 2.05) is 0 Å². The molecular formula is C13H28F2N2. The van der Waals surface area contributed by atoms with Gasteiger partial charge >= 0.3 is 0 Å². The molecule has 17 heavy (non-hydrogen) atoms. The first kappa shape index (κ1) is 16.8. The fourth-order valence-corrected chi connectivity index (χ4v) is 1.70. The molecule has 0 aliphatic rings. The molecule has 0 spiro atoms. The molecule has 0 aliphatic carbocycles. The molecule has 0 saturated carbocycles. The molecule has 0 bridgehead atoms. The SMILES string of the molecule is CC(C)CNCCCCCCN(C)CC(F)F.